The second-order valence-corrected chi connectivity index (χ2v) is 4.92. The molecule has 1 aromatic carbocycles. The molecule has 1 aliphatic rings. The highest BCUT2D eigenvalue weighted by Crippen LogP contribution is 2.19. The third-order valence-electron chi connectivity index (χ3n) is 3.18. The molecule has 0 atom stereocenters. The summed E-state index contributed by atoms with van der Waals surface area (Å²) in [6.07, 6.45) is 2.71. The van der Waals surface area contributed by atoms with E-state index in [2.05, 4.69) is 16.7 Å². The third-order valence-corrected chi connectivity index (χ3v) is 3.18. The van der Waals surface area contributed by atoms with E-state index in [0.29, 0.717) is 36.9 Å². The van der Waals surface area contributed by atoms with Crippen molar-refractivity contribution in [3.05, 3.63) is 29.3 Å². The van der Waals surface area contributed by atoms with E-state index in [4.69, 9.17) is 10.00 Å². The highest BCUT2D eigenvalue weighted by atomic mass is 16.5. The fraction of sp³-hybridized carbons (Fsp3) is 0.467. The molecule has 0 spiro atoms. The molecular formula is C15H19N3O2. The Morgan fingerprint density at radius 3 is 2.95 bits per heavy atom. The number of ether oxygens (including phenoxy) is 1. The van der Waals surface area contributed by atoms with Crippen LogP contribution in [0.4, 0.5) is 0 Å². The number of benzene rings is 1. The minimum atomic E-state index is 0.104. The molecule has 5 nitrogen and oxygen atoms in total. The normalized spacial score (nSPS) is 13.6. The molecule has 106 valence electrons. The summed E-state index contributed by atoms with van der Waals surface area (Å²) in [5.41, 5.74) is 1.53. The van der Waals surface area contributed by atoms with Gasteiger partial charge in [-0.25, -0.2) is 0 Å². The lowest BCUT2D eigenvalue weighted by Gasteiger charge is -2.08. The van der Waals surface area contributed by atoms with E-state index < -0.39 is 0 Å². The number of rotatable bonds is 7. The van der Waals surface area contributed by atoms with Gasteiger partial charge in [-0.2, -0.15) is 5.26 Å². The van der Waals surface area contributed by atoms with Crippen LogP contribution >= 0.6 is 0 Å². The topological polar surface area (TPSA) is 74.2 Å². The average Bonchev–Trinajstić information content (AvgIpc) is 3.27. The Hall–Kier alpha value is -2.06. The molecule has 2 N–H and O–H groups in total. The van der Waals surface area contributed by atoms with Crippen molar-refractivity contribution in [2.75, 3.05) is 13.7 Å². The number of nitriles is 1. The number of nitrogens with one attached hydrogen (secondary N) is 2. The lowest BCUT2D eigenvalue weighted by atomic mass is 10.1. The predicted molar refractivity (Wildman–Crippen MR) is 75.2 cm³/mol. The van der Waals surface area contributed by atoms with Gasteiger partial charge in [-0.05, 0) is 30.5 Å². The van der Waals surface area contributed by atoms with E-state index in [1.807, 2.05) is 6.07 Å². The molecule has 1 aliphatic carbocycles. The molecule has 0 radical (unpaired) electrons. The standard InChI is InChI=1S/C15H19N3O2/c1-20-14-5-2-11(8-12(14)9-16)10-17-7-6-15(19)18-13-3-4-13/h2,5,8,13,17H,3-4,6-7,10H2,1H3,(H,18,19). The highest BCUT2D eigenvalue weighted by Gasteiger charge is 2.22. The van der Waals surface area contributed by atoms with Crippen molar-refractivity contribution >= 4 is 5.91 Å². The molecule has 1 saturated carbocycles. The number of methoxy groups -OCH3 is 1. The van der Waals surface area contributed by atoms with Crippen molar-refractivity contribution in [2.45, 2.75) is 31.8 Å². The number of carbonyl (C=O) groups is 1. The first-order valence-electron chi connectivity index (χ1n) is 6.80. The largest absolute Gasteiger partial charge is 0.495 e. The summed E-state index contributed by atoms with van der Waals surface area (Å²) in [4.78, 5) is 11.5. The Bertz CT molecular complexity index is 518. The average molecular weight is 273 g/mol. The van der Waals surface area contributed by atoms with Crippen LogP contribution in [0.25, 0.3) is 0 Å². The summed E-state index contributed by atoms with van der Waals surface area (Å²) < 4.78 is 5.10. The van der Waals surface area contributed by atoms with Crippen LogP contribution in [0.3, 0.4) is 0 Å². The van der Waals surface area contributed by atoms with Crippen molar-refractivity contribution in [3.63, 3.8) is 0 Å². The van der Waals surface area contributed by atoms with Gasteiger partial charge in [-0.15, -0.1) is 0 Å². The Balaban J connectivity index is 1.73. The van der Waals surface area contributed by atoms with Gasteiger partial charge in [0.05, 0.1) is 12.7 Å². The van der Waals surface area contributed by atoms with Crippen LogP contribution in [0.1, 0.15) is 30.4 Å². The van der Waals surface area contributed by atoms with Gasteiger partial charge in [-0.1, -0.05) is 6.07 Å². The third kappa shape index (κ3) is 4.25. The molecule has 0 heterocycles. The Kier molecular flexibility index (Phi) is 4.97. The molecule has 5 heteroatoms. The fourth-order valence-corrected chi connectivity index (χ4v) is 1.91. The summed E-state index contributed by atoms with van der Waals surface area (Å²) in [6, 6.07) is 8.03. The maximum absolute atomic E-state index is 11.5. The van der Waals surface area contributed by atoms with Gasteiger partial charge in [0.15, 0.2) is 0 Å². The number of hydrogen-bond acceptors (Lipinski definition) is 4. The lowest BCUT2D eigenvalue weighted by Crippen LogP contribution is -2.29. The van der Waals surface area contributed by atoms with Crippen molar-refractivity contribution < 1.29 is 9.53 Å². The van der Waals surface area contributed by atoms with Crippen molar-refractivity contribution in [1.29, 1.82) is 5.26 Å². The van der Waals surface area contributed by atoms with Gasteiger partial charge >= 0.3 is 0 Å². The molecule has 1 fully saturated rings. The first kappa shape index (κ1) is 14.4. The summed E-state index contributed by atoms with van der Waals surface area (Å²) >= 11 is 0. The molecule has 0 bridgehead atoms. The van der Waals surface area contributed by atoms with E-state index in [9.17, 15) is 4.79 Å². The van der Waals surface area contributed by atoms with Gasteiger partial charge in [0.2, 0.25) is 5.91 Å². The van der Waals surface area contributed by atoms with E-state index in [-0.39, 0.29) is 5.91 Å². The molecule has 0 aliphatic heterocycles. The van der Waals surface area contributed by atoms with Gasteiger partial charge in [0.25, 0.3) is 0 Å². The maximum Gasteiger partial charge on any atom is 0.221 e. The summed E-state index contributed by atoms with van der Waals surface area (Å²) in [7, 11) is 1.55. The SMILES string of the molecule is COc1ccc(CNCCC(=O)NC2CC2)cc1C#N. The van der Waals surface area contributed by atoms with Crippen LogP contribution in [0.2, 0.25) is 0 Å². The predicted octanol–water partition coefficient (Wildman–Crippen LogP) is 1.33. The lowest BCUT2D eigenvalue weighted by molar-refractivity contribution is -0.121. The second-order valence-electron chi connectivity index (χ2n) is 4.92. The molecule has 2 rings (SSSR count). The van der Waals surface area contributed by atoms with Crippen molar-refractivity contribution in [1.82, 2.24) is 10.6 Å². The zero-order valence-corrected chi connectivity index (χ0v) is 11.6. The molecule has 1 amide bonds. The number of nitrogens with zero attached hydrogens (tertiary/aromatic N) is 1. The minimum Gasteiger partial charge on any atom is -0.495 e. The monoisotopic (exact) mass is 273 g/mol. The molecular weight excluding hydrogens is 254 g/mol. The Morgan fingerprint density at radius 2 is 2.30 bits per heavy atom. The van der Waals surface area contributed by atoms with Crippen LogP contribution in [0, 0.1) is 11.3 Å². The Morgan fingerprint density at radius 1 is 1.50 bits per heavy atom. The van der Waals surface area contributed by atoms with Gasteiger partial charge in [0, 0.05) is 25.6 Å². The zero-order chi connectivity index (χ0) is 14.4. The van der Waals surface area contributed by atoms with E-state index in [0.717, 1.165) is 18.4 Å². The van der Waals surface area contributed by atoms with Crippen molar-refractivity contribution in [3.8, 4) is 11.8 Å². The van der Waals surface area contributed by atoms with Crippen LogP contribution < -0.4 is 15.4 Å². The zero-order valence-electron chi connectivity index (χ0n) is 11.6. The van der Waals surface area contributed by atoms with Gasteiger partial charge < -0.3 is 15.4 Å². The number of hydrogen-bond donors (Lipinski definition) is 2. The fourth-order valence-electron chi connectivity index (χ4n) is 1.91. The van der Waals surface area contributed by atoms with Crippen LogP contribution in [0.5, 0.6) is 5.75 Å². The van der Waals surface area contributed by atoms with Crippen LogP contribution in [-0.4, -0.2) is 25.6 Å². The summed E-state index contributed by atoms with van der Waals surface area (Å²) in [5, 5.41) is 15.2. The number of amides is 1. The van der Waals surface area contributed by atoms with E-state index in [1.54, 1.807) is 19.2 Å². The quantitative estimate of drug-likeness (QED) is 0.735. The van der Waals surface area contributed by atoms with Gasteiger partial charge in [-0.3, -0.25) is 4.79 Å². The summed E-state index contributed by atoms with van der Waals surface area (Å²) in [6.45, 7) is 1.27. The van der Waals surface area contributed by atoms with Crippen LogP contribution in [0.15, 0.2) is 18.2 Å². The smallest absolute Gasteiger partial charge is 0.221 e. The molecule has 20 heavy (non-hydrogen) atoms. The highest BCUT2D eigenvalue weighted by molar-refractivity contribution is 5.76. The van der Waals surface area contributed by atoms with Crippen molar-refractivity contribution in [2.24, 2.45) is 0 Å². The minimum absolute atomic E-state index is 0.104. The molecule has 0 saturated heterocycles. The molecule has 0 aromatic heterocycles. The van der Waals surface area contributed by atoms with Gasteiger partial charge in [0.1, 0.15) is 11.8 Å². The van der Waals surface area contributed by atoms with Crippen LogP contribution in [-0.2, 0) is 11.3 Å². The first-order valence-corrected chi connectivity index (χ1v) is 6.80. The Labute approximate surface area is 118 Å². The number of carbonyl (C=O) groups excluding carboxylic acids is 1. The summed E-state index contributed by atoms with van der Waals surface area (Å²) in [5.74, 6) is 0.688. The van der Waals surface area contributed by atoms with E-state index in [1.165, 1.54) is 0 Å². The molecule has 0 unspecified atom stereocenters. The maximum atomic E-state index is 11.5. The second kappa shape index (κ2) is 6.92. The molecule has 1 aromatic rings. The first-order chi connectivity index (χ1) is 9.72. The van der Waals surface area contributed by atoms with E-state index >= 15 is 0 Å².